The summed E-state index contributed by atoms with van der Waals surface area (Å²) in [6.07, 6.45) is 5.02. The first-order valence-corrected chi connectivity index (χ1v) is 8.28. The molecule has 2 aromatic heterocycles. The van der Waals surface area contributed by atoms with Crippen molar-refractivity contribution in [3.8, 4) is 0 Å². The lowest BCUT2D eigenvalue weighted by Crippen LogP contribution is -2.36. The summed E-state index contributed by atoms with van der Waals surface area (Å²) in [5.41, 5.74) is 1.57. The molecular weight excluding hydrogens is 318 g/mol. The fraction of sp³-hybridized carbons (Fsp3) is 0.333. The van der Waals surface area contributed by atoms with Crippen LogP contribution in [0.3, 0.4) is 0 Å². The van der Waals surface area contributed by atoms with Gasteiger partial charge in [0.1, 0.15) is 18.3 Å². The Morgan fingerprint density at radius 2 is 2.04 bits per heavy atom. The zero-order valence-electron chi connectivity index (χ0n) is 14.0. The maximum Gasteiger partial charge on any atom is 0.264 e. The summed E-state index contributed by atoms with van der Waals surface area (Å²) in [6, 6.07) is 10.2. The second kappa shape index (κ2) is 5.84. The molecule has 0 saturated heterocycles. The number of hydrogen-bond acceptors (Lipinski definition) is 4. The van der Waals surface area contributed by atoms with Crippen LogP contribution in [0, 0.1) is 0 Å². The molecule has 1 amide bonds. The molecule has 1 aliphatic rings. The van der Waals surface area contributed by atoms with Crippen molar-refractivity contribution in [3.63, 3.8) is 0 Å². The molecule has 7 heteroatoms. The first-order valence-electron chi connectivity index (χ1n) is 8.28. The number of aromatic nitrogens is 4. The van der Waals surface area contributed by atoms with E-state index in [-0.39, 0.29) is 23.4 Å². The van der Waals surface area contributed by atoms with Gasteiger partial charge in [0.15, 0.2) is 5.65 Å². The van der Waals surface area contributed by atoms with Crippen LogP contribution in [0.1, 0.15) is 18.4 Å². The number of fused-ring (bicyclic) bond motifs is 1. The van der Waals surface area contributed by atoms with Crippen LogP contribution in [-0.2, 0) is 23.8 Å². The van der Waals surface area contributed by atoms with Crippen molar-refractivity contribution in [2.45, 2.75) is 24.8 Å². The Morgan fingerprint density at radius 1 is 1.28 bits per heavy atom. The van der Waals surface area contributed by atoms with Crippen LogP contribution >= 0.6 is 0 Å². The maximum absolute atomic E-state index is 12.4. The first-order chi connectivity index (χ1) is 12.1. The van der Waals surface area contributed by atoms with E-state index in [9.17, 15) is 9.59 Å². The average molecular weight is 337 g/mol. The lowest BCUT2D eigenvalue weighted by molar-refractivity contribution is -0.121. The van der Waals surface area contributed by atoms with Crippen molar-refractivity contribution >= 4 is 16.9 Å². The number of aryl methyl sites for hydroxylation is 1. The molecular formula is C18H19N5O2. The van der Waals surface area contributed by atoms with Gasteiger partial charge < -0.3 is 5.32 Å². The van der Waals surface area contributed by atoms with Gasteiger partial charge >= 0.3 is 0 Å². The summed E-state index contributed by atoms with van der Waals surface area (Å²) in [5.74, 6) is -0.186. The third-order valence-corrected chi connectivity index (χ3v) is 4.90. The molecule has 0 spiro atoms. The minimum absolute atomic E-state index is 0.0401. The minimum Gasteiger partial charge on any atom is -0.354 e. The van der Waals surface area contributed by atoms with Crippen LogP contribution in [0.15, 0.2) is 47.7 Å². The summed E-state index contributed by atoms with van der Waals surface area (Å²) >= 11 is 0. The Bertz CT molecular complexity index is 986. The van der Waals surface area contributed by atoms with Gasteiger partial charge in [0.2, 0.25) is 5.91 Å². The van der Waals surface area contributed by atoms with Crippen molar-refractivity contribution in [1.29, 1.82) is 0 Å². The lowest BCUT2D eigenvalue weighted by Gasteiger charge is -2.16. The summed E-state index contributed by atoms with van der Waals surface area (Å²) in [5, 5.41) is 7.41. The van der Waals surface area contributed by atoms with Crippen LogP contribution in [-0.4, -0.2) is 31.8 Å². The second-order valence-electron chi connectivity index (χ2n) is 6.61. The van der Waals surface area contributed by atoms with Gasteiger partial charge in [-0.2, -0.15) is 5.10 Å². The fourth-order valence-corrected chi connectivity index (χ4v) is 3.17. The molecule has 0 atom stereocenters. The van der Waals surface area contributed by atoms with Crippen molar-refractivity contribution in [1.82, 2.24) is 24.6 Å². The van der Waals surface area contributed by atoms with Gasteiger partial charge in [-0.05, 0) is 18.4 Å². The Hall–Kier alpha value is -2.96. The molecule has 7 nitrogen and oxygen atoms in total. The van der Waals surface area contributed by atoms with Crippen LogP contribution in [0.4, 0.5) is 0 Å². The zero-order valence-corrected chi connectivity index (χ0v) is 14.0. The Labute approximate surface area is 144 Å². The predicted octanol–water partition coefficient (Wildman–Crippen LogP) is 0.978. The fourth-order valence-electron chi connectivity index (χ4n) is 3.17. The monoisotopic (exact) mass is 337 g/mol. The minimum atomic E-state index is -0.252. The summed E-state index contributed by atoms with van der Waals surface area (Å²) in [7, 11) is 1.73. The van der Waals surface area contributed by atoms with Gasteiger partial charge in [-0.3, -0.25) is 18.8 Å². The highest BCUT2D eigenvalue weighted by molar-refractivity contribution is 5.77. The smallest absolute Gasteiger partial charge is 0.264 e. The van der Waals surface area contributed by atoms with Crippen molar-refractivity contribution < 1.29 is 4.79 Å². The molecule has 1 fully saturated rings. The molecule has 1 aliphatic carbocycles. The number of rotatable bonds is 5. The molecule has 0 radical (unpaired) electrons. The Morgan fingerprint density at radius 3 is 2.76 bits per heavy atom. The number of amides is 1. The van der Waals surface area contributed by atoms with E-state index in [2.05, 4.69) is 27.5 Å². The van der Waals surface area contributed by atoms with E-state index in [0.29, 0.717) is 17.6 Å². The molecule has 128 valence electrons. The van der Waals surface area contributed by atoms with Crippen LogP contribution < -0.4 is 10.9 Å². The third-order valence-electron chi connectivity index (χ3n) is 4.90. The topological polar surface area (TPSA) is 81.8 Å². The highest BCUT2D eigenvalue weighted by Crippen LogP contribution is 2.47. The van der Waals surface area contributed by atoms with E-state index in [1.807, 2.05) is 18.2 Å². The van der Waals surface area contributed by atoms with Crippen molar-refractivity contribution in [2.75, 3.05) is 6.54 Å². The van der Waals surface area contributed by atoms with Gasteiger partial charge in [0.25, 0.3) is 5.56 Å². The summed E-state index contributed by atoms with van der Waals surface area (Å²) < 4.78 is 2.86. The van der Waals surface area contributed by atoms with E-state index in [1.54, 1.807) is 7.05 Å². The number of nitrogens with zero attached hydrogens (tertiary/aromatic N) is 4. The van der Waals surface area contributed by atoms with E-state index < -0.39 is 0 Å². The number of hydrogen-bond donors (Lipinski definition) is 1. The molecule has 0 bridgehead atoms. The molecule has 3 aromatic rings. The normalized spacial score (nSPS) is 15.2. The number of carbonyl (C=O) groups is 1. The predicted molar refractivity (Wildman–Crippen MR) is 93.1 cm³/mol. The SMILES string of the molecule is Cn1ncc2c(=O)n(CC(=O)NCC3(c4ccccc4)CC3)cnc21. The maximum atomic E-state index is 12.4. The van der Waals surface area contributed by atoms with Gasteiger partial charge in [-0.15, -0.1) is 0 Å². The first kappa shape index (κ1) is 15.6. The van der Waals surface area contributed by atoms with Gasteiger partial charge in [0, 0.05) is 19.0 Å². The molecule has 0 unspecified atom stereocenters. The summed E-state index contributed by atoms with van der Waals surface area (Å²) in [4.78, 5) is 28.9. The largest absolute Gasteiger partial charge is 0.354 e. The van der Waals surface area contributed by atoms with Crippen molar-refractivity contribution in [3.05, 3.63) is 58.8 Å². The molecule has 0 aliphatic heterocycles. The molecule has 25 heavy (non-hydrogen) atoms. The van der Waals surface area contributed by atoms with E-state index in [0.717, 1.165) is 12.8 Å². The zero-order chi connectivity index (χ0) is 17.4. The Kier molecular flexibility index (Phi) is 3.63. The van der Waals surface area contributed by atoms with Gasteiger partial charge in [0.05, 0.1) is 6.20 Å². The van der Waals surface area contributed by atoms with E-state index in [4.69, 9.17) is 0 Å². The average Bonchev–Trinajstić information content (AvgIpc) is 3.33. The summed E-state index contributed by atoms with van der Waals surface area (Å²) in [6.45, 7) is 0.550. The highest BCUT2D eigenvalue weighted by Gasteiger charge is 2.44. The second-order valence-corrected chi connectivity index (χ2v) is 6.61. The quantitative estimate of drug-likeness (QED) is 0.752. The molecule has 4 rings (SSSR count). The van der Waals surface area contributed by atoms with E-state index >= 15 is 0 Å². The third kappa shape index (κ3) is 2.82. The standard InChI is InChI=1S/C18H19N5O2/c1-22-16-14(9-21-22)17(25)23(12-20-16)10-15(24)19-11-18(7-8-18)13-5-3-2-4-6-13/h2-6,9,12H,7-8,10-11H2,1H3,(H,19,24). The number of carbonyl (C=O) groups excluding carboxylic acids is 1. The molecule has 1 N–H and O–H groups in total. The van der Waals surface area contributed by atoms with Crippen LogP contribution in [0.5, 0.6) is 0 Å². The molecule has 1 saturated carbocycles. The van der Waals surface area contributed by atoms with Crippen LogP contribution in [0.25, 0.3) is 11.0 Å². The number of nitrogens with one attached hydrogen (secondary N) is 1. The molecule has 2 heterocycles. The number of benzene rings is 1. The lowest BCUT2D eigenvalue weighted by atomic mass is 9.96. The molecule has 1 aromatic carbocycles. The Balaban J connectivity index is 1.45. The van der Waals surface area contributed by atoms with Crippen LogP contribution in [0.2, 0.25) is 0 Å². The van der Waals surface area contributed by atoms with Gasteiger partial charge in [-0.1, -0.05) is 30.3 Å². The highest BCUT2D eigenvalue weighted by atomic mass is 16.2. The van der Waals surface area contributed by atoms with Gasteiger partial charge in [-0.25, -0.2) is 4.98 Å². The van der Waals surface area contributed by atoms with E-state index in [1.165, 1.54) is 27.3 Å². The van der Waals surface area contributed by atoms with Crippen molar-refractivity contribution in [2.24, 2.45) is 7.05 Å².